The summed E-state index contributed by atoms with van der Waals surface area (Å²) in [5.74, 6) is 0. The molecule has 1 aromatic carbocycles. The van der Waals surface area contributed by atoms with Crippen molar-refractivity contribution in [3.63, 3.8) is 0 Å². The first-order chi connectivity index (χ1) is 9.66. The lowest BCUT2D eigenvalue weighted by Crippen LogP contribution is -2.50. The van der Waals surface area contributed by atoms with E-state index < -0.39 is 10.2 Å². The molecule has 1 fully saturated rings. The van der Waals surface area contributed by atoms with Gasteiger partial charge in [0.2, 0.25) is 0 Å². The van der Waals surface area contributed by atoms with Gasteiger partial charge < -0.3 is 0 Å². The number of benzene rings is 1. The summed E-state index contributed by atoms with van der Waals surface area (Å²) in [6.45, 7) is 9.84. The maximum atomic E-state index is 11.3. The minimum atomic E-state index is -3.54. The van der Waals surface area contributed by atoms with Gasteiger partial charge in [0.15, 0.2) is 0 Å². The van der Waals surface area contributed by atoms with Crippen LogP contribution in [0.5, 0.6) is 0 Å². The first-order valence-corrected chi connectivity index (χ1v) is 8.76. The zero-order valence-corrected chi connectivity index (χ0v) is 13.9. The Bertz CT molecular complexity index is 568. The SMILES string of the molecule is CC(C)(C)c1ccc(CN2CCN(S(N)(=O)=O)CC2)cc1. The van der Waals surface area contributed by atoms with Crippen molar-refractivity contribution in [3.05, 3.63) is 35.4 Å². The summed E-state index contributed by atoms with van der Waals surface area (Å²) in [6.07, 6.45) is 0. The van der Waals surface area contributed by atoms with Crippen molar-refractivity contribution in [1.29, 1.82) is 0 Å². The van der Waals surface area contributed by atoms with Crippen LogP contribution >= 0.6 is 0 Å². The molecule has 5 nitrogen and oxygen atoms in total. The molecule has 2 N–H and O–H groups in total. The Morgan fingerprint density at radius 1 is 1.05 bits per heavy atom. The van der Waals surface area contributed by atoms with Gasteiger partial charge in [0.05, 0.1) is 0 Å². The first-order valence-electron chi connectivity index (χ1n) is 7.26. The fraction of sp³-hybridized carbons (Fsp3) is 0.600. The molecule has 0 saturated carbocycles. The second-order valence-electron chi connectivity index (χ2n) is 6.67. The van der Waals surface area contributed by atoms with Crippen LogP contribution in [0.1, 0.15) is 31.9 Å². The molecule has 0 unspecified atom stereocenters. The molecular weight excluding hydrogens is 286 g/mol. The fourth-order valence-electron chi connectivity index (χ4n) is 2.51. The molecule has 6 heteroatoms. The topological polar surface area (TPSA) is 66.6 Å². The molecule has 2 rings (SSSR count). The molecule has 0 spiro atoms. The third kappa shape index (κ3) is 4.51. The highest BCUT2D eigenvalue weighted by atomic mass is 32.2. The van der Waals surface area contributed by atoms with Gasteiger partial charge in [-0.1, -0.05) is 45.0 Å². The second kappa shape index (κ2) is 6.04. The molecule has 0 atom stereocenters. The van der Waals surface area contributed by atoms with Crippen LogP contribution in [0, 0.1) is 0 Å². The van der Waals surface area contributed by atoms with Crippen molar-refractivity contribution >= 4 is 10.2 Å². The van der Waals surface area contributed by atoms with Gasteiger partial charge in [-0.3, -0.25) is 4.90 Å². The summed E-state index contributed by atoms with van der Waals surface area (Å²) in [4.78, 5) is 2.26. The van der Waals surface area contributed by atoms with Crippen LogP contribution in [0.4, 0.5) is 0 Å². The molecule has 1 aliphatic rings. The molecule has 1 saturated heterocycles. The van der Waals surface area contributed by atoms with Crippen LogP contribution in [0.2, 0.25) is 0 Å². The van der Waals surface area contributed by atoms with E-state index in [4.69, 9.17) is 5.14 Å². The van der Waals surface area contributed by atoms with Crippen molar-refractivity contribution < 1.29 is 8.42 Å². The summed E-state index contributed by atoms with van der Waals surface area (Å²) >= 11 is 0. The smallest absolute Gasteiger partial charge is 0.276 e. The van der Waals surface area contributed by atoms with Crippen molar-refractivity contribution in [2.24, 2.45) is 5.14 Å². The average Bonchev–Trinajstić information content (AvgIpc) is 2.38. The molecule has 0 amide bonds. The summed E-state index contributed by atoms with van der Waals surface area (Å²) in [5.41, 5.74) is 2.75. The number of hydrogen-bond acceptors (Lipinski definition) is 3. The van der Waals surface area contributed by atoms with Crippen LogP contribution in [-0.4, -0.2) is 43.8 Å². The third-order valence-electron chi connectivity index (χ3n) is 3.92. The Morgan fingerprint density at radius 3 is 2.00 bits per heavy atom. The zero-order chi connectivity index (χ0) is 15.7. The number of nitrogens with zero attached hydrogens (tertiary/aromatic N) is 2. The Hall–Kier alpha value is -0.950. The number of hydrogen-bond donors (Lipinski definition) is 1. The van der Waals surface area contributed by atoms with E-state index in [1.165, 1.54) is 15.4 Å². The number of piperazine rings is 1. The maximum Gasteiger partial charge on any atom is 0.276 e. The van der Waals surface area contributed by atoms with Crippen molar-refractivity contribution in [3.8, 4) is 0 Å². The highest BCUT2D eigenvalue weighted by Crippen LogP contribution is 2.22. The number of nitrogens with two attached hydrogens (primary N) is 1. The van der Waals surface area contributed by atoms with Crippen molar-refractivity contribution in [2.75, 3.05) is 26.2 Å². The van der Waals surface area contributed by atoms with Gasteiger partial charge in [-0.05, 0) is 16.5 Å². The van der Waals surface area contributed by atoms with E-state index in [1.54, 1.807) is 0 Å². The third-order valence-corrected chi connectivity index (χ3v) is 5.00. The first kappa shape index (κ1) is 16.4. The van der Waals surface area contributed by atoms with Crippen LogP contribution in [0.3, 0.4) is 0 Å². The van der Waals surface area contributed by atoms with E-state index in [0.717, 1.165) is 19.6 Å². The van der Waals surface area contributed by atoms with E-state index in [0.29, 0.717) is 13.1 Å². The van der Waals surface area contributed by atoms with E-state index in [1.807, 2.05) is 0 Å². The van der Waals surface area contributed by atoms with Gasteiger partial charge in [-0.2, -0.15) is 12.7 Å². The molecule has 1 heterocycles. The molecule has 0 aliphatic carbocycles. The summed E-state index contributed by atoms with van der Waals surface area (Å²) in [6, 6.07) is 8.67. The summed E-state index contributed by atoms with van der Waals surface area (Å²) < 4.78 is 23.9. The Kier molecular flexibility index (Phi) is 4.72. The van der Waals surface area contributed by atoms with E-state index in [9.17, 15) is 8.42 Å². The van der Waals surface area contributed by atoms with Gasteiger partial charge in [0.1, 0.15) is 0 Å². The molecule has 21 heavy (non-hydrogen) atoms. The van der Waals surface area contributed by atoms with Crippen LogP contribution in [0.15, 0.2) is 24.3 Å². The lowest BCUT2D eigenvalue weighted by molar-refractivity contribution is 0.181. The van der Waals surface area contributed by atoms with Gasteiger partial charge >= 0.3 is 0 Å². The standard InChI is InChI=1S/C15H25N3O2S/c1-15(2,3)14-6-4-13(5-7-14)12-17-8-10-18(11-9-17)21(16,19)20/h4-7H,8-12H2,1-3H3,(H2,16,19,20). The molecular formula is C15H25N3O2S. The Morgan fingerprint density at radius 2 is 1.57 bits per heavy atom. The fourth-order valence-corrected chi connectivity index (χ4v) is 3.18. The summed E-state index contributed by atoms with van der Waals surface area (Å²) in [7, 11) is -3.54. The zero-order valence-electron chi connectivity index (χ0n) is 13.0. The van der Waals surface area contributed by atoms with E-state index in [-0.39, 0.29) is 5.41 Å². The predicted octanol–water partition coefficient (Wildman–Crippen LogP) is 1.31. The minimum absolute atomic E-state index is 0.166. The minimum Gasteiger partial charge on any atom is -0.296 e. The highest BCUT2D eigenvalue weighted by molar-refractivity contribution is 7.86. The van der Waals surface area contributed by atoms with Crippen molar-refractivity contribution in [1.82, 2.24) is 9.21 Å². The van der Waals surface area contributed by atoms with Gasteiger partial charge in [0.25, 0.3) is 10.2 Å². The van der Waals surface area contributed by atoms with Crippen molar-refractivity contribution in [2.45, 2.75) is 32.7 Å². The van der Waals surface area contributed by atoms with E-state index >= 15 is 0 Å². The van der Waals surface area contributed by atoms with Gasteiger partial charge in [0, 0.05) is 32.7 Å². The number of rotatable bonds is 3. The van der Waals surface area contributed by atoms with E-state index in [2.05, 4.69) is 49.9 Å². The Labute approximate surface area is 127 Å². The largest absolute Gasteiger partial charge is 0.296 e. The quantitative estimate of drug-likeness (QED) is 0.915. The van der Waals surface area contributed by atoms with Crippen LogP contribution < -0.4 is 5.14 Å². The molecule has 1 aromatic rings. The predicted molar refractivity (Wildman–Crippen MR) is 85.1 cm³/mol. The maximum absolute atomic E-state index is 11.3. The highest BCUT2D eigenvalue weighted by Gasteiger charge is 2.23. The van der Waals surface area contributed by atoms with Crippen LogP contribution in [0.25, 0.3) is 0 Å². The molecule has 0 aromatic heterocycles. The lowest BCUT2D eigenvalue weighted by Gasteiger charge is -2.33. The monoisotopic (exact) mass is 311 g/mol. The normalized spacial score (nSPS) is 18.9. The lowest BCUT2D eigenvalue weighted by atomic mass is 9.87. The molecule has 0 radical (unpaired) electrons. The molecule has 0 bridgehead atoms. The van der Waals surface area contributed by atoms with Crippen LogP contribution in [-0.2, 0) is 22.2 Å². The van der Waals surface area contributed by atoms with Gasteiger partial charge in [-0.25, -0.2) is 5.14 Å². The average molecular weight is 311 g/mol. The van der Waals surface area contributed by atoms with Gasteiger partial charge in [-0.15, -0.1) is 0 Å². The molecule has 118 valence electrons. The second-order valence-corrected chi connectivity index (χ2v) is 8.21. The Balaban J connectivity index is 1.92. The molecule has 1 aliphatic heterocycles. The summed E-state index contributed by atoms with van der Waals surface area (Å²) in [5, 5.41) is 5.15.